The lowest BCUT2D eigenvalue weighted by molar-refractivity contribution is 0.305. The van der Waals surface area contributed by atoms with Crippen molar-refractivity contribution in [3.8, 4) is 22.4 Å². The number of anilines is 2. The van der Waals surface area contributed by atoms with E-state index < -0.39 is 0 Å². The Labute approximate surface area is 229 Å². The van der Waals surface area contributed by atoms with Crippen molar-refractivity contribution in [3.05, 3.63) is 102 Å². The first kappa shape index (κ1) is 26.3. The van der Waals surface area contributed by atoms with Crippen LogP contribution in [-0.4, -0.2) is 28.4 Å². The van der Waals surface area contributed by atoms with Crippen LogP contribution in [0.25, 0.3) is 34.2 Å². The van der Waals surface area contributed by atoms with Crippen LogP contribution in [0.4, 0.5) is 11.4 Å². The Balaban J connectivity index is 1.63. The highest BCUT2D eigenvalue weighted by Crippen LogP contribution is 2.40. The van der Waals surface area contributed by atoms with Gasteiger partial charge in [0.15, 0.2) is 0 Å². The van der Waals surface area contributed by atoms with E-state index in [4.69, 9.17) is 11.5 Å². The van der Waals surface area contributed by atoms with Crippen LogP contribution in [0.2, 0.25) is 0 Å². The Bertz CT molecular complexity index is 1500. The van der Waals surface area contributed by atoms with Crippen molar-refractivity contribution in [1.82, 2.24) is 15.3 Å². The third-order valence-corrected chi connectivity index (χ3v) is 7.42. The fourth-order valence-electron chi connectivity index (χ4n) is 5.23. The largest absolute Gasteiger partial charge is 0.403 e. The lowest BCUT2D eigenvalue weighted by atomic mass is 9.96. The molecule has 7 heteroatoms. The molecular formula is C32H36N6O. The number of aromatic amines is 1. The van der Waals surface area contributed by atoms with E-state index in [0.29, 0.717) is 5.70 Å². The van der Waals surface area contributed by atoms with Gasteiger partial charge in [-0.25, -0.2) is 4.98 Å². The molecule has 1 aromatic heterocycles. The molecule has 1 fully saturated rings. The number of benzene rings is 3. The number of H-pyrrole nitrogens is 1. The van der Waals surface area contributed by atoms with Gasteiger partial charge in [0.1, 0.15) is 12.6 Å². The summed E-state index contributed by atoms with van der Waals surface area (Å²) in [5.74, 6) is 0.972. The maximum absolute atomic E-state index is 10.7. The van der Waals surface area contributed by atoms with E-state index in [1.54, 1.807) is 6.08 Å². The fraction of sp³-hybridized carbons (Fsp3) is 0.219. The Hall–Kier alpha value is -4.33. The minimum Gasteiger partial charge on any atom is -0.403 e. The number of nitrogens with one attached hydrogen (secondary N) is 2. The number of hydrogen-bond donors (Lipinski definition) is 5. The van der Waals surface area contributed by atoms with E-state index in [1.165, 1.54) is 11.8 Å². The van der Waals surface area contributed by atoms with Crippen LogP contribution < -0.4 is 21.7 Å². The van der Waals surface area contributed by atoms with Crippen molar-refractivity contribution in [1.29, 1.82) is 0 Å². The van der Waals surface area contributed by atoms with Crippen molar-refractivity contribution in [2.75, 3.05) is 18.2 Å². The van der Waals surface area contributed by atoms with Crippen molar-refractivity contribution >= 4 is 23.1 Å². The fourth-order valence-corrected chi connectivity index (χ4v) is 5.23. The summed E-state index contributed by atoms with van der Waals surface area (Å²) < 4.78 is 0. The average Bonchev–Trinajstić information content (AvgIpc) is 3.70. The van der Waals surface area contributed by atoms with Crippen LogP contribution >= 0.6 is 0 Å². The molecule has 0 radical (unpaired) electrons. The summed E-state index contributed by atoms with van der Waals surface area (Å²) in [4.78, 5) is 10.1. The third kappa shape index (κ3) is 5.32. The maximum Gasteiger partial charge on any atom is 0.123 e. The molecule has 0 bridgehead atoms. The summed E-state index contributed by atoms with van der Waals surface area (Å²) in [6.45, 7) is 6.96. The second-order valence-corrected chi connectivity index (χ2v) is 9.79. The van der Waals surface area contributed by atoms with Gasteiger partial charge in [-0.3, -0.25) is 0 Å². The van der Waals surface area contributed by atoms with Gasteiger partial charge in [0.05, 0.1) is 35.0 Å². The minimum atomic E-state index is -0.218. The number of aromatic nitrogens is 2. The zero-order chi connectivity index (χ0) is 27.4. The van der Waals surface area contributed by atoms with Crippen molar-refractivity contribution in [3.63, 3.8) is 0 Å². The highest BCUT2D eigenvalue weighted by molar-refractivity contribution is 5.88. The van der Waals surface area contributed by atoms with Gasteiger partial charge in [-0.2, -0.15) is 0 Å². The molecule has 7 N–H and O–H groups in total. The predicted octanol–water partition coefficient (Wildman–Crippen LogP) is 5.68. The quantitative estimate of drug-likeness (QED) is 0.181. The van der Waals surface area contributed by atoms with E-state index in [9.17, 15) is 5.11 Å². The zero-order valence-corrected chi connectivity index (χ0v) is 22.3. The molecule has 200 valence electrons. The topological polar surface area (TPSA) is 116 Å². The summed E-state index contributed by atoms with van der Waals surface area (Å²) in [6, 6.07) is 20.9. The molecule has 1 saturated heterocycles. The standard InChI is InChI=1S/C32H36N6O/c1-3-21-7-5-8-23(15-21)26-17-25(29-19-36-32(37-29)28-9-6-14-35-28)11-13-31(26)38(20-39)30-12-10-24(27(34)18-33)16-22(30)4-2/h4-5,7-8,10-13,15-19,28,35,39H,2-3,6,9,14,20,33-34H2,1H3,(H,36,37)/b27-18-. The van der Waals surface area contributed by atoms with Crippen LogP contribution in [0.1, 0.15) is 48.3 Å². The Kier molecular flexibility index (Phi) is 7.81. The summed E-state index contributed by atoms with van der Waals surface area (Å²) in [6.07, 6.45) is 8.23. The molecule has 0 spiro atoms. The number of aliphatic hydroxyl groups is 1. The number of nitrogens with two attached hydrogens (primary N) is 2. The molecule has 1 aliphatic heterocycles. The highest BCUT2D eigenvalue weighted by Gasteiger charge is 2.21. The van der Waals surface area contributed by atoms with Crippen LogP contribution in [0, 0.1) is 0 Å². The summed E-state index contributed by atoms with van der Waals surface area (Å²) in [5.41, 5.74) is 20.8. The molecule has 7 nitrogen and oxygen atoms in total. The number of rotatable bonds is 9. The Morgan fingerprint density at radius 3 is 2.69 bits per heavy atom. The molecule has 0 aliphatic carbocycles. The molecule has 1 aliphatic rings. The number of hydrogen-bond acceptors (Lipinski definition) is 6. The SMILES string of the molecule is C=Cc1cc(/C(N)=C/N)ccc1N(CO)c1ccc(-c2cnc(C3CCCN3)[nH]2)cc1-c1cccc(CC)c1. The van der Waals surface area contributed by atoms with Gasteiger partial charge in [0, 0.05) is 17.3 Å². The molecule has 1 unspecified atom stereocenters. The molecule has 0 saturated carbocycles. The van der Waals surface area contributed by atoms with Gasteiger partial charge >= 0.3 is 0 Å². The Morgan fingerprint density at radius 1 is 1.13 bits per heavy atom. The van der Waals surface area contributed by atoms with Gasteiger partial charge in [-0.15, -0.1) is 0 Å². The second-order valence-electron chi connectivity index (χ2n) is 9.79. The monoisotopic (exact) mass is 520 g/mol. The van der Waals surface area contributed by atoms with E-state index in [0.717, 1.165) is 76.5 Å². The highest BCUT2D eigenvalue weighted by atomic mass is 16.3. The van der Waals surface area contributed by atoms with Crippen molar-refractivity contribution in [2.45, 2.75) is 32.2 Å². The predicted molar refractivity (Wildman–Crippen MR) is 161 cm³/mol. The van der Waals surface area contributed by atoms with Gasteiger partial charge in [-0.05, 0) is 72.3 Å². The summed E-state index contributed by atoms with van der Waals surface area (Å²) >= 11 is 0. The first-order valence-corrected chi connectivity index (χ1v) is 13.4. The number of aliphatic hydroxyl groups excluding tert-OH is 1. The average molecular weight is 521 g/mol. The molecule has 3 aromatic carbocycles. The smallest absolute Gasteiger partial charge is 0.123 e. The molecule has 2 heterocycles. The number of imidazole rings is 1. The van der Waals surface area contributed by atoms with Crippen molar-refractivity contribution in [2.24, 2.45) is 11.5 Å². The second kappa shape index (κ2) is 11.6. The van der Waals surface area contributed by atoms with Crippen LogP contribution in [0.5, 0.6) is 0 Å². The molecule has 5 rings (SSSR count). The van der Waals surface area contributed by atoms with E-state index in [-0.39, 0.29) is 12.8 Å². The lowest BCUT2D eigenvalue weighted by Crippen LogP contribution is -2.20. The Morgan fingerprint density at radius 2 is 1.97 bits per heavy atom. The summed E-state index contributed by atoms with van der Waals surface area (Å²) in [5, 5.41) is 14.2. The third-order valence-electron chi connectivity index (χ3n) is 7.42. The number of nitrogens with zero attached hydrogens (tertiary/aromatic N) is 2. The van der Waals surface area contributed by atoms with Crippen molar-refractivity contribution < 1.29 is 5.11 Å². The van der Waals surface area contributed by atoms with Crippen LogP contribution in [0.3, 0.4) is 0 Å². The number of aryl methyl sites for hydroxylation is 1. The van der Waals surface area contributed by atoms with Gasteiger partial charge in [-0.1, -0.05) is 56.0 Å². The minimum absolute atomic E-state index is 0.218. The van der Waals surface area contributed by atoms with E-state index in [2.05, 4.69) is 71.3 Å². The van der Waals surface area contributed by atoms with E-state index in [1.807, 2.05) is 29.3 Å². The van der Waals surface area contributed by atoms with E-state index >= 15 is 0 Å². The van der Waals surface area contributed by atoms with Crippen LogP contribution in [-0.2, 0) is 6.42 Å². The van der Waals surface area contributed by atoms with Gasteiger partial charge in [0.2, 0.25) is 0 Å². The van der Waals surface area contributed by atoms with Gasteiger partial charge < -0.3 is 31.8 Å². The molecule has 0 amide bonds. The first-order chi connectivity index (χ1) is 19.1. The molecular weight excluding hydrogens is 484 g/mol. The normalized spacial score (nSPS) is 15.4. The molecule has 1 atom stereocenters. The van der Waals surface area contributed by atoms with Gasteiger partial charge in [0.25, 0.3) is 0 Å². The maximum atomic E-state index is 10.7. The van der Waals surface area contributed by atoms with Crippen LogP contribution in [0.15, 0.2) is 79.6 Å². The lowest BCUT2D eigenvalue weighted by Gasteiger charge is -2.28. The summed E-state index contributed by atoms with van der Waals surface area (Å²) in [7, 11) is 0. The zero-order valence-electron chi connectivity index (χ0n) is 22.3. The molecule has 39 heavy (non-hydrogen) atoms. The molecule has 4 aromatic rings. The first-order valence-electron chi connectivity index (χ1n) is 13.4.